The molecule has 2 heterocycles. The van der Waals surface area contributed by atoms with Crippen LogP contribution in [0.15, 0.2) is 18.3 Å². The number of rotatable bonds is 4. The van der Waals surface area contributed by atoms with Crippen molar-refractivity contribution in [2.24, 2.45) is 0 Å². The van der Waals surface area contributed by atoms with Gasteiger partial charge in [0.1, 0.15) is 0 Å². The normalized spacial score (nSPS) is 24.2. The molecule has 1 aliphatic carbocycles. The average molecular weight is 288 g/mol. The van der Waals surface area contributed by atoms with Crippen molar-refractivity contribution >= 4 is 0 Å². The molecule has 0 amide bonds. The van der Waals surface area contributed by atoms with E-state index < -0.39 is 0 Å². The molecule has 1 aromatic heterocycles. The number of aryl methyl sites for hydroxylation is 1. The Balaban J connectivity index is 1.57. The van der Waals surface area contributed by atoms with Crippen LogP contribution in [0.1, 0.15) is 37.6 Å². The Labute approximate surface area is 128 Å². The standard InChI is InChI=1S/C17H28N4/c1-17(2,21-11-9-20(3)10-12-21)13-19-15-7-6-14-5-4-8-18-16(14)15/h4-5,8,15,19H,6-7,9-13H2,1-3H3. The van der Waals surface area contributed by atoms with Gasteiger partial charge in [0.2, 0.25) is 0 Å². The molecule has 0 bridgehead atoms. The number of nitrogens with zero attached hydrogens (tertiary/aromatic N) is 3. The highest BCUT2D eigenvalue weighted by atomic mass is 15.3. The largest absolute Gasteiger partial charge is 0.307 e. The SMILES string of the molecule is CN1CCN(C(C)(C)CNC2CCc3cccnc32)CC1. The molecule has 1 N–H and O–H groups in total. The Kier molecular flexibility index (Phi) is 4.29. The quantitative estimate of drug-likeness (QED) is 0.913. The molecule has 21 heavy (non-hydrogen) atoms. The number of hydrogen-bond acceptors (Lipinski definition) is 4. The van der Waals surface area contributed by atoms with Crippen LogP contribution in [0.3, 0.4) is 0 Å². The van der Waals surface area contributed by atoms with Crippen LogP contribution in [0.4, 0.5) is 0 Å². The molecule has 0 spiro atoms. The molecular formula is C17H28N4. The molecule has 3 rings (SSSR count). The van der Waals surface area contributed by atoms with Crippen molar-refractivity contribution in [3.05, 3.63) is 29.6 Å². The molecule has 1 saturated heterocycles. The van der Waals surface area contributed by atoms with Gasteiger partial charge in [-0.2, -0.15) is 0 Å². The highest BCUT2D eigenvalue weighted by Gasteiger charge is 2.31. The third-order valence-electron chi connectivity index (χ3n) is 5.10. The van der Waals surface area contributed by atoms with Gasteiger partial charge in [0, 0.05) is 44.5 Å². The molecule has 0 radical (unpaired) electrons. The van der Waals surface area contributed by atoms with Crippen LogP contribution in [-0.4, -0.2) is 60.1 Å². The summed E-state index contributed by atoms with van der Waals surface area (Å²) in [4.78, 5) is 9.61. The zero-order chi connectivity index (χ0) is 14.9. The second-order valence-corrected chi connectivity index (χ2v) is 7.12. The smallest absolute Gasteiger partial charge is 0.0605 e. The third-order valence-corrected chi connectivity index (χ3v) is 5.10. The van der Waals surface area contributed by atoms with E-state index in [4.69, 9.17) is 0 Å². The Morgan fingerprint density at radius 1 is 1.29 bits per heavy atom. The van der Waals surface area contributed by atoms with Gasteiger partial charge in [-0.25, -0.2) is 0 Å². The van der Waals surface area contributed by atoms with E-state index in [1.54, 1.807) is 0 Å². The lowest BCUT2D eigenvalue weighted by atomic mass is 10.0. The van der Waals surface area contributed by atoms with Gasteiger partial charge in [-0.3, -0.25) is 9.88 Å². The van der Waals surface area contributed by atoms with Crippen molar-refractivity contribution in [1.29, 1.82) is 0 Å². The number of fused-ring (bicyclic) bond motifs is 1. The van der Waals surface area contributed by atoms with Crippen LogP contribution in [0.5, 0.6) is 0 Å². The predicted octanol–water partition coefficient (Wildman–Crippen LogP) is 1.68. The zero-order valence-electron chi connectivity index (χ0n) is 13.6. The zero-order valence-corrected chi connectivity index (χ0v) is 13.6. The van der Waals surface area contributed by atoms with Crippen LogP contribution in [0, 0.1) is 0 Å². The second-order valence-electron chi connectivity index (χ2n) is 7.12. The fourth-order valence-electron chi connectivity index (χ4n) is 3.51. The van der Waals surface area contributed by atoms with E-state index in [-0.39, 0.29) is 5.54 Å². The molecule has 2 aliphatic rings. The van der Waals surface area contributed by atoms with Gasteiger partial charge in [0.25, 0.3) is 0 Å². The van der Waals surface area contributed by atoms with Crippen LogP contribution in [0.25, 0.3) is 0 Å². The van der Waals surface area contributed by atoms with E-state index in [0.717, 1.165) is 13.0 Å². The molecule has 0 aromatic carbocycles. The number of hydrogen-bond donors (Lipinski definition) is 1. The number of pyridine rings is 1. The maximum Gasteiger partial charge on any atom is 0.0605 e. The monoisotopic (exact) mass is 288 g/mol. The first-order valence-electron chi connectivity index (χ1n) is 8.17. The fourth-order valence-corrected chi connectivity index (χ4v) is 3.51. The fraction of sp³-hybridized carbons (Fsp3) is 0.706. The molecular weight excluding hydrogens is 260 g/mol. The van der Waals surface area contributed by atoms with Crippen molar-refractivity contribution in [2.75, 3.05) is 39.8 Å². The van der Waals surface area contributed by atoms with Gasteiger partial charge in [-0.05, 0) is 45.4 Å². The van der Waals surface area contributed by atoms with Gasteiger partial charge in [0.15, 0.2) is 0 Å². The van der Waals surface area contributed by atoms with Gasteiger partial charge < -0.3 is 10.2 Å². The van der Waals surface area contributed by atoms with E-state index in [9.17, 15) is 0 Å². The minimum absolute atomic E-state index is 0.207. The molecule has 4 heteroatoms. The van der Waals surface area contributed by atoms with E-state index >= 15 is 0 Å². The minimum atomic E-state index is 0.207. The predicted molar refractivity (Wildman–Crippen MR) is 86.5 cm³/mol. The van der Waals surface area contributed by atoms with E-state index in [0.29, 0.717) is 6.04 Å². The Morgan fingerprint density at radius 2 is 2.05 bits per heavy atom. The highest BCUT2D eigenvalue weighted by molar-refractivity contribution is 5.27. The Hall–Kier alpha value is -0.970. The molecule has 4 nitrogen and oxygen atoms in total. The summed E-state index contributed by atoms with van der Waals surface area (Å²) in [7, 11) is 2.21. The minimum Gasteiger partial charge on any atom is -0.307 e. The Morgan fingerprint density at radius 3 is 2.81 bits per heavy atom. The summed E-state index contributed by atoms with van der Waals surface area (Å²) < 4.78 is 0. The van der Waals surface area contributed by atoms with Gasteiger partial charge in [-0.15, -0.1) is 0 Å². The first-order valence-corrected chi connectivity index (χ1v) is 8.17. The first-order chi connectivity index (χ1) is 10.1. The summed E-state index contributed by atoms with van der Waals surface area (Å²) in [5.74, 6) is 0. The van der Waals surface area contributed by atoms with Crippen molar-refractivity contribution in [3.8, 4) is 0 Å². The van der Waals surface area contributed by atoms with Crippen LogP contribution < -0.4 is 5.32 Å². The van der Waals surface area contributed by atoms with E-state index in [2.05, 4.69) is 53.1 Å². The summed E-state index contributed by atoms with van der Waals surface area (Å²) in [6.07, 6.45) is 4.27. The summed E-state index contributed by atoms with van der Waals surface area (Å²) in [6, 6.07) is 4.71. The van der Waals surface area contributed by atoms with Crippen molar-refractivity contribution in [2.45, 2.75) is 38.3 Å². The molecule has 1 aliphatic heterocycles. The van der Waals surface area contributed by atoms with Gasteiger partial charge in [-0.1, -0.05) is 6.07 Å². The molecule has 1 unspecified atom stereocenters. The molecule has 1 aromatic rings. The molecule has 116 valence electrons. The number of aromatic nitrogens is 1. The molecule has 1 fully saturated rings. The lowest BCUT2D eigenvalue weighted by molar-refractivity contribution is 0.0600. The van der Waals surface area contributed by atoms with Gasteiger partial charge in [0.05, 0.1) is 11.7 Å². The summed E-state index contributed by atoms with van der Waals surface area (Å²) in [5.41, 5.74) is 2.90. The van der Waals surface area contributed by atoms with E-state index in [1.807, 2.05) is 6.20 Å². The molecule has 1 atom stereocenters. The summed E-state index contributed by atoms with van der Waals surface area (Å²) >= 11 is 0. The van der Waals surface area contributed by atoms with Crippen LogP contribution in [-0.2, 0) is 6.42 Å². The Bertz CT molecular complexity index is 477. The number of piperazine rings is 1. The maximum absolute atomic E-state index is 4.58. The number of nitrogens with one attached hydrogen (secondary N) is 1. The van der Waals surface area contributed by atoms with Crippen molar-refractivity contribution < 1.29 is 0 Å². The lowest BCUT2D eigenvalue weighted by Crippen LogP contribution is -2.57. The maximum atomic E-state index is 4.58. The topological polar surface area (TPSA) is 31.4 Å². The lowest BCUT2D eigenvalue weighted by Gasteiger charge is -2.43. The second kappa shape index (κ2) is 6.03. The summed E-state index contributed by atoms with van der Waals surface area (Å²) in [6.45, 7) is 10.4. The first kappa shape index (κ1) is 14.9. The summed E-state index contributed by atoms with van der Waals surface area (Å²) in [5, 5.41) is 3.77. The highest BCUT2D eigenvalue weighted by Crippen LogP contribution is 2.29. The van der Waals surface area contributed by atoms with E-state index in [1.165, 1.54) is 43.9 Å². The molecule has 0 saturated carbocycles. The van der Waals surface area contributed by atoms with Crippen molar-refractivity contribution in [1.82, 2.24) is 20.1 Å². The average Bonchev–Trinajstić information content (AvgIpc) is 2.89. The number of likely N-dealkylation sites (N-methyl/N-ethyl adjacent to an activating group) is 1. The van der Waals surface area contributed by atoms with Crippen molar-refractivity contribution in [3.63, 3.8) is 0 Å². The van der Waals surface area contributed by atoms with Gasteiger partial charge >= 0.3 is 0 Å². The van der Waals surface area contributed by atoms with Crippen LogP contribution in [0.2, 0.25) is 0 Å². The third kappa shape index (κ3) is 3.28. The van der Waals surface area contributed by atoms with Crippen LogP contribution >= 0.6 is 0 Å².